The summed E-state index contributed by atoms with van der Waals surface area (Å²) in [4.78, 5) is 29.7. The first kappa shape index (κ1) is 14.4. The lowest BCUT2D eigenvalue weighted by Gasteiger charge is -2.16. The second kappa shape index (κ2) is 5.94. The lowest BCUT2D eigenvalue weighted by Crippen LogP contribution is -2.31. The number of aromatic nitrogens is 2. The third-order valence-corrected chi connectivity index (χ3v) is 3.42. The first-order chi connectivity index (χ1) is 9.54. The molecule has 0 spiro atoms. The molecule has 7 heteroatoms. The number of aryl methyl sites for hydroxylation is 1. The zero-order chi connectivity index (χ0) is 14.7. The Balaban J connectivity index is 2.15. The van der Waals surface area contributed by atoms with Crippen LogP contribution in [0, 0.1) is 6.92 Å². The molecule has 1 aromatic heterocycles. The summed E-state index contributed by atoms with van der Waals surface area (Å²) in [5.41, 5.74) is 5.99. The van der Waals surface area contributed by atoms with E-state index in [1.165, 1.54) is 0 Å². The van der Waals surface area contributed by atoms with Crippen LogP contribution in [0.5, 0.6) is 0 Å². The van der Waals surface area contributed by atoms with Crippen molar-refractivity contribution < 1.29 is 14.3 Å². The normalized spacial score (nSPS) is 14.6. The number of rotatable bonds is 4. The fourth-order valence-electron chi connectivity index (χ4n) is 2.33. The smallest absolute Gasteiger partial charge is 0.360 e. The first-order valence-corrected chi connectivity index (χ1v) is 6.82. The van der Waals surface area contributed by atoms with Gasteiger partial charge >= 0.3 is 5.97 Å². The number of anilines is 1. The average Bonchev–Trinajstić information content (AvgIpc) is 3.02. The van der Waals surface area contributed by atoms with Crippen molar-refractivity contribution in [2.75, 3.05) is 25.4 Å². The molecule has 1 fully saturated rings. The fraction of sp³-hybridized carbons (Fsp3) is 0.615. The fourth-order valence-corrected chi connectivity index (χ4v) is 2.33. The summed E-state index contributed by atoms with van der Waals surface area (Å²) >= 11 is 0. The first-order valence-electron chi connectivity index (χ1n) is 6.82. The maximum atomic E-state index is 12.1. The molecule has 7 nitrogen and oxygen atoms in total. The van der Waals surface area contributed by atoms with E-state index < -0.39 is 5.97 Å². The van der Waals surface area contributed by atoms with Crippen LogP contribution in [0.25, 0.3) is 0 Å². The van der Waals surface area contributed by atoms with Crippen molar-refractivity contribution in [3.8, 4) is 0 Å². The Hall–Kier alpha value is -2.05. The molecule has 20 heavy (non-hydrogen) atoms. The number of imidazole rings is 1. The Morgan fingerprint density at radius 1 is 1.35 bits per heavy atom. The minimum Gasteiger partial charge on any atom is -0.461 e. The number of amides is 1. The Morgan fingerprint density at radius 2 is 2.00 bits per heavy atom. The van der Waals surface area contributed by atoms with Crippen molar-refractivity contribution in [3.63, 3.8) is 0 Å². The standard InChI is InChI=1S/C13H20N4O3/c1-3-20-13(19)11-12(14)17(9(2)15-11)8-10(18)16-6-4-5-7-16/h3-8,14H2,1-2H3. The van der Waals surface area contributed by atoms with Crippen LogP contribution < -0.4 is 5.73 Å². The van der Waals surface area contributed by atoms with Gasteiger partial charge in [-0.05, 0) is 26.7 Å². The summed E-state index contributed by atoms with van der Waals surface area (Å²) in [6, 6.07) is 0. The summed E-state index contributed by atoms with van der Waals surface area (Å²) in [7, 11) is 0. The van der Waals surface area contributed by atoms with Gasteiger partial charge in [-0.3, -0.25) is 4.79 Å². The van der Waals surface area contributed by atoms with Crippen LogP contribution >= 0.6 is 0 Å². The molecule has 2 heterocycles. The van der Waals surface area contributed by atoms with Gasteiger partial charge in [0, 0.05) is 13.1 Å². The van der Waals surface area contributed by atoms with Gasteiger partial charge in [-0.2, -0.15) is 0 Å². The molecule has 110 valence electrons. The van der Waals surface area contributed by atoms with Gasteiger partial charge < -0.3 is 19.9 Å². The minimum absolute atomic E-state index is 0.00473. The molecule has 0 aromatic carbocycles. The number of likely N-dealkylation sites (tertiary alicyclic amines) is 1. The van der Waals surface area contributed by atoms with Gasteiger partial charge in [0.05, 0.1) is 6.61 Å². The van der Waals surface area contributed by atoms with Gasteiger partial charge in [0.15, 0.2) is 5.69 Å². The van der Waals surface area contributed by atoms with E-state index in [9.17, 15) is 9.59 Å². The molecule has 2 rings (SSSR count). The minimum atomic E-state index is -0.555. The second-order valence-electron chi connectivity index (χ2n) is 4.79. The highest BCUT2D eigenvalue weighted by Crippen LogP contribution is 2.17. The summed E-state index contributed by atoms with van der Waals surface area (Å²) in [6.45, 7) is 5.39. The van der Waals surface area contributed by atoms with Crippen LogP contribution in [0.2, 0.25) is 0 Å². The van der Waals surface area contributed by atoms with Gasteiger partial charge in [0.1, 0.15) is 18.2 Å². The van der Waals surface area contributed by atoms with Crippen LogP contribution in [-0.4, -0.2) is 46.0 Å². The van der Waals surface area contributed by atoms with Crippen molar-refractivity contribution in [3.05, 3.63) is 11.5 Å². The van der Waals surface area contributed by atoms with Crippen LogP contribution in [0.3, 0.4) is 0 Å². The number of nitrogens with two attached hydrogens (primary N) is 1. The molecule has 1 saturated heterocycles. The van der Waals surface area contributed by atoms with E-state index in [1.54, 1.807) is 18.4 Å². The van der Waals surface area contributed by atoms with E-state index in [2.05, 4.69) is 4.98 Å². The van der Waals surface area contributed by atoms with Crippen molar-refractivity contribution in [2.24, 2.45) is 0 Å². The molecule has 2 N–H and O–H groups in total. The largest absolute Gasteiger partial charge is 0.461 e. The SMILES string of the molecule is CCOC(=O)c1nc(C)n(CC(=O)N2CCCC2)c1N. The van der Waals surface area contributed by atoms with Crippen molar-refractivity contribution in [1.82, 2.24) is 14.5 Å². The molecule has 1 amide bonds. The van der Waals surface area contributed by atoms with Gasteiger partial charge in [-0.25, -0.2) is 9.78 Å². The predicted molar refractivity (Wildman–Crippen MR) is 73.1 cm³/mol. The molecule has 1 aliphatic heterocycles. The molecule has 0 unspecified atom stereocenters. The molecule has 0 atom stereocenters. The van der Waals surface area contributed by atoms with Gasteiger partial charge in [-0.1, -0.05) is 0 Å². The number of esters is 1. The predicted octanol–water partition coefficient (Wildman–Crippen LogP) is 0.573. The van der Waals surface area contributed by atoms with E-state index in [4.69, 9.17) is 10.5 Å². The number of carbonyl (C=O) groups excluding carboxylic acids is 2. The van der Waals surface area contributed by atoms with Crippen LogP contribution in [0.1, 0.15) is 36.1 Å². The Morgan fingerprint density at radius 3 is 2.60 bits per heavy atom. The Labute approximate surface area is 117 Å². The number of carbonyl (C=O) groups is 2. The lowest BCUT2D eigenvalue weighted by atomic mass is 10.4. The Bertz CT molecular complexity index is 518. The van der Waals surface area contributed by atoms with Crippen molar-refractivity contribution >= 4 is 17.7 Å². The molecular formula is C13H20N4O3. The summed E-state index contributed by atoms with van der Waals surface area (Å²) in [5, 5.41) is 0. The van der Waals surface area contributed by atoms with Crippen LogP contribution in [0.15, 0.2) is 0 Å². The number of nitrogen functional groups attached to an aromatic ring is 1. The highest BCUT2D eigenvalue weighted by molar-refractivity contribution is 5.92. The number of hydrogen-bond donors (Lipinski definition) is 1. The zero-order valence-electron chi connectivity index (χ0n) is 11.9. The van der Waals surface area contributed by atoms with E-state index in [1.807, 2.05) is 4.90 Å². The maximum absolute atomic E-state index is 12.1. The van der Waals surface area contributed by atoms with Gasteiger partial charge in [0.25, 0.3) is 0 Å². The molecule has 0 saturated carbocycles. The average molecular weight is 280 g/mol. The number of nitrogens with zero attached hydrogens (tertiary/aromatic N) is 3. The highest BCUT2D eigenvalue weighted by atomic mass is 16.5. The van der Waals surface area contributed by atoms with Crippen LogP contribution in [-0.2, 0) is 16.1 Å². The molecular weight excluding hydrogens is 260 g/mol. The lowest BCUT2D eigenvalue weighted by molar-refractivity contribution is -0.130. The second-order valence-corrected chi connectivity index (χ2v) is 4.79. The van der Waals surface area contributed by atoms with E-state index >= 15 is 0 Å². The van der Waals surface area contributed by atoms with Crippen molar-refractivity contribution in [2.45, 2.75) is 33.2 Å². The zero-order valence-corrected chi connectivity index (χ0v) is 11.9. The number of ether oxygens (including phenoxy) is 1. The summed E-state index contributed by atoms with van der Waals surface area (Å²) in [5.74, 6) is 0.178. The topological polar surface area (TPSA) is 90.4 Å². The quantitative estimate of drug-likeness (QED) is 0.814. The maximum Gasteiger partial charge on any atom is 0.360 e. The van der Waals surface area contributed by atoms with Gasteiger partial charge in [0.2, 0.25) is 5.91 Å². The molecule has 0 aliphatic carbocycles. The highest BCUT2D eigenvalue weighted by Gasteiger charge is 2.23. The molecule has 1 aromatic rings. The Kier molecular flexibility index (Phi) is 4.26. The molecule has 0 radical (unpaired) electrons. The molecule has 0 bridgehead atoms. The monoisotopic (exact) mass is 280 g/mol. The third kappa shape index (κ3) is 2.76. The van der Waals surface area contributed by atoms with E-state index in [0.29, 0.717) is 5.82 Å². The van der Waals surface area contributed by atoms with Crippen molar-refractivity contribution in [1.29, 1.82) is 0 Å². The molecule has 1 aliphatic rings. The summed E-state index contributed by atoms with van der Waals surface area (Å²) < 4.78 is 6.45. The third-order valence-electron chi connectivity index (χ3n) is 3.42. The van der Waals surface area contributed by atoms with E-state index in [0.717, 1.165) is 25.9 Å². The van der Waals surface area contributed by atoms with Crippen LogP contribution in [0.4, 0.5) is 5.82 Å². The van der Waals surface area contributed by atoms with E-state index in [-0.39, 0.29) is 30.6 Å². The number of hydrogen-bond acceptors (Lipinski definition) is 5. The summed E-state index contributed by atoms with van der Waals surface area (Å²) in [6.07, 6.45) is 2.08. The van der Waals surface area contributed by atoms with Gasteiger partial charge in [-0.15, -0.1) is 0 Å².